The van der Waals surface area contributed by atoms with Crippen molar-refractivity contribution >= 4 is 5.91 Å². The number of pyridine rings is 1. The molecule has 0 saturated heterocycles. The quantitative estimate of drug-likeness (QED) is 0.686. The summed E-state index contributed by atoms with van der Waals surface area (Å²) in [7, 11) is 0. The summed E-state index contributed by atoms with van der Waals surface area (Å²) in [6, 6.07) is 3.82. The van der Waals surface area contributed by atoms with Crippen molar-refractivity contribution in [2.24, 2.45) is 5.73 Å². The number of aromatic nitrogens is 1. The first-order valence-corrected chi connectivity index (χ1v) is 6.61. The van der Waals surface area contributed by atoms with Gasteiger partial charge in [0.05, 0.1) is 0 Å². The highest BCUT2D eigenvalue weighted by molar-refractivity contribution is 5.74. The molecule has 2 N–H and O–H groups in total. The van der Waals surface area contributed by atoms with Crippen LogP contribution in [0.1, 0.15) is 31.5 Å². The van der Waals surface area contributed by atoms with Gasteiger partial charge in [-0.1, -0.05) is 6.07 Å². The number of hydrogen-bond acceptors (Lipinski definition) is 4. The van der Waals surface area contributed by atoms with Gasteiger partial charge in [0.15, 0.2) is 6.29 Å². The number of ether oxygens (including phenoxy) is 2. The Balaban J connectivity index is 2.71. The molecule has 0 spiro atoms. The molecule has 0 aliphatic carbocycles. The molecule has 1 rings (SSSR count). The number of amides is 1. The largest absolute Gasteiger partial charge is 0.370 e. The average molecular weight is 266 g/mol. The Morgan fingerprint density at radius 3 is 2.63 bits per heavy atom. The minimum absolute atomic E-state index is 0.294. The number of nitrogens with zero attached hydrogens (tertiary/aromatic N) is 1. The smallest absolute Gasteiger partial charge is 0.217 e. The fraction of sp³-hybridized carbons (Fsp3) is 0.571. The van der Waals surface area contributed by atoms with Crippen LogP contribution in [0.3, 0.4) is 0 Å². The number of hydrogen-bond donors (Lipinski definition) is 1. The fourth-order valence-electron chi connectivity index (χ4n) is 1.84. The van der Waals surface area contributed by atoms with Crippen LogP contribution in [0.5, 0.6) is 0 Å². The zero-order valence-corrected chi connectivity index (χ0v) is 11.6. The van der Waals surface area contributed by atoms with Crippen LogP contribution in [0, 0.1) is 0 Å². The highest BCUT2D eigenvalue weighted by atomic mass is 16.7. The number of primary amides is 1. The summed E-state index contributed by atoms with van der Waals surface area (Å²) >= 11 is 0. The van der Waals surface area contributed by atoms with Gasteiger partial charge in [0.1, 0.15) is 0 Å². The Hall–Kier alpha value is -1.46. The van der Waals surface area contributed by atoms with E-state index in [9.17, 15) is 4.79 Å². The highest BCUT2D eigenvalue weighted by Gasteiger charge is 2.13. The van der Waals surface area contributed by atoms with Crippen LogP contribution in [0.4, 0.5) is 0 Å². The summed E-state index contributed by atoms with van der Waals surface area (Å²) in [4.78, 5) is 15.2. The van der Waals surface area contributed by atoms with Crippen molar-refractivity contribution < 1.29 is 14.3 Å². The van der Waals surface area contributed by atoms with Gasteiger partial charge in [-0.25, -0.2) is 0 Å². The van der Waals surface area contributed by atoms with Crippen LogP contribution in [-0.4, -0.2) is 30.4 Å². The highest BCUT2D eigenvalue weighted by Crippen LogP contribution is 2.12. The molecule has 1 amide bonds. The molecule has 0 fully saturated rings. The van der Waals surface area contributed by atoms with Crippen LogP contribution >= 0.6 is 0 Å². The molecule has 1 heterocycles. The predicted molar refractivity (Wildman–Crippen MR) is 72.5 cm³/mol. The summed E-state index contributed by atoms with van der Waals surface area (Å²) in [5, 5.41) is 0. The van der Waals surface area contributed by atoms with E-state index in [1.807, 2.05) is 26.0 Å². The number of nitrogens with two attached hydrogens (primary N) is 1. The van der Waals surface area contributed by atoms with E-state index in [4.69, 9.17) is 15.2 Å². The van der Waals surface area contributed by atoms with E-state index in [-0.39, 0.29) is 12.2 Å². The maximum absolute atomic E-state index is 10.9. The lowest BCUT2D eigenvalue weighted by molar-refractivity contribution is -0.135. The van der Waals surface area contributed by atoms with Crippen LogP contribution in [0.2, 0.25) is 0 Å². The van der Waals surface area contributed by atoms with Gasteiger partial charge >= 0.3 is 0 Å². The van der Waals surface area contributed by atoms with Crippen LogP contribution < -0.4 is 5.73 Å². The molecule has 0 aromatic carbocycles. The van der Waals surface area contributed by atoms with Crippen LogP contribution in [-0.2, 0) is 27.1 Å². The standard InChI is InChI=1S/C14H22N2O3/c1-3-18-14(19-4-2)10-12-11(6-5-9-16-12)7-8-13(15)17/h5-6,9,14H,3-4,7-8,10H2,1-2H3,(H2,15,17). The summed E-state index contributed by atoms with van der Waals surface area (Å²) < 4.78 is 11.0. The van der Waals surface area contributed by atoms with Gasteiger partial charge in [0.2, 0.25) is 5.91 Å². The lowest BCUT2D eigenvalue weighted by Gasteiger charge is -2.17. The van der Waals surface area contributed by atoms with Crippen molar-refractivity contribution in [2.45, 2.75) is 39.4 Å². The monoisotopic (exact) mass is 266 g/mol. The van der Waals surface area contributed by atoms with Crippen molar-refractivity contribution in [1.82, 2.24) is 4.98 Å². The van der Waals surface area contributed by atoms with E-state index in [0.717, 1.165) is 11.3 Å². The Bertz CT molecular complexity index is 390. The minimum atomic E-state index is -0.305. The summed E-state index contributed by atoms with van der Waals surface area (Å²) in [5.74, 6) is -0.305. The number of carbonyl (C=O) groups excluding carboxylic acids is 1. The second kappa shape index (κ2) is 8.61. The van der Waals surface area contributed by atoms with Gasteiger partial charge in [-0.3, -0.25) is 9.78 Å². The molecule has 0 saturated carbocycles. The lowest BCUT2D eigenvalue weighted by atomic mass is 10.1. The zero-order chi connectivity index (χ0) is 14.1. The van der Waals surface area contributed by atoms with E-state index in [0.29, 0.717) is 32.5 Å². The third-order valence-electron chi connectivity index (χ3n) is 2.69. The summed E-state index contributed by atoms with van der Waals surface area (Å²) in [5.41, 5.74) is 7.10. The molecular weight excluding hydrogens is 244 g/mol. The van der Waals surface area contributed by atoms with Gasteiger partial charge < -0.3 is 15.2 Å². The zero-order valence-electron chi connectivity index (χ0n) is 11.6. The predicted octanol–water partition coefficient (Wildman–Crippen LogP) is 1.44. The third-order valence-corrected chi connectivity index (χ3v) is 2.69. The Morgan fingerprint density at radius 1 is 1.37 bits per heavy atom. The maximum atomic E-state index is 10.9. The molecule has 0 radical (unpaired) electrons. The molecule has 106 valence electrons. The molecule has 0 aliphatic heterocycles. The van der Waals surface area contributed by atoms with Crippen LogP contribution in [0.25, 0.3) is 0 Å². The van der Waals surface area contributed by atoms with Gasteiger partial charge in [-0.05, 0) is 31.9 Å². The van der Waals surface area contributed by atoms with Crippen molar-refractivity contribution in [1.29, 1.82) is 0 Å². The number of aryl methyl sites for hydroxylation is 1. The summed E-state index contributed by atoms with van der Waals surface area (Å²) in [6.07, 6.45) is 2.95. The van der Waals surface area contributed by atoms with Crippen molar-refractivity contribution in [3.63, 3.8) is 0 Å². The third kappa shape index (κ3) is 5.81. The molecule has 1 aromatic heterocycles. The first-order chi connectivity index (χ1) is 9.17. The number of carbonyl (C=O) groups is 1. The van der Waals surface area contributed by atoms with Crippen molar-refractivity contribution in [2.75, 3.05) is 13.2 Å². The molecule has 0 atom stereocenters. The molecule has 0 bridgehead atoms. The van der Waals surface area contributed by atoms with Gasteiger partial charge in [0, 0.05) is 37.9 Å². The lowest BCUT2D eigenvalue weighted by Crippen LogP contribution is -2.22. The normalized spacial score (nSPS) is 10.9. The molecular formula is C14H22N2O3. The second-order valence-corrected chi connectivity index (χ2v) is 4.12. The van der Waals surface area contributed by atoms with Gasteiger partial charge in [-0.15, -0.1) is 0 Å². The van der Waals surface area contributed by atoms with Gasteiger partial charge in [0.25, 0.3) is 0 Å². The van der Waals surface area contributed by atoms with Gasteiger partial charge in [-0.2, -0.15) is 0 Å². The van der Waals surface area contributed by atoms with E-state index in [1.54, 1.807) is 6.20 Å². The fourth-order valence-corrected chi connectivity index (χ4v) is 1.84. The minimum Gasteiger partial charge on any atom is -0.370 e. The second-order valence-electron chi connectivity index (χ2n) is 4.12. The SMILES string of the molecule is CCOC(Cc1ncccc1CCC(N)=O)OCC. The molecule has 0 unspecified atom stereocenters. The Kier molecular flexibility index (Phi) is 7.07. The number of rotatable bonds is 9. The Labute approximate surface area is 114 Å². The van der Waals surface area contributed by atoms with Crippen molar-refractivity contribution in [3.8, 4) is 0 Å². The summed E-state index contributed by atoms with van der Waals surface area (Å²) in [6.45, 7) is 5.04. The Morgan fingerprint density at radius 2 is 2.05 bits per heavy atom. The molecule has 1 aromatic rings. The first-order valence-electron chi connectivity index (χ1n) is 6.61. The average Bonchev–Trinajstić information content (AvgIpc) is 2.38. The van der Waals surface area contributed by atoms with E-state index < -0.39 is 0 Å². The van der Waals surface area contributed by atoms with E-state index in [1.165, 1.54) is 0 Å². The van der Waals surface area contributed by atoms with Crippen molar-refractivity contribution in [3.05, 3.63) is 29.6 Å². The first kappa shape index (κ1) is 15.6. The molecule has 0 aliphatic rings. The maximum Gasteiger partial charge on any atom is 0.217 e. The molecule has 5 heteroatoms. The van der Waals surface area contributed by atoms with E-state index in [2.05, 4.69) is 4.98 Å². The molecule has 19 heavy (non-hydrogen) atoms. The topological polar surface area (TPSA) is 74.4 Å². The van der Waals surface area contributed by atoms with Crippen LogP contribution in [0.15, 0.2) is 18.3 Å². The van der Waals surface area contributed by atoms with E-state index >= 15 is 0 Å². The molecule has 5 nitrogen and oxygen atoms in total.